The Bertz CT molecular complexity index is 360. The molecule has 5 heteroatoms. The molecule has 1 aliphatic carbocycles. The summed E-state index contributed by atoms with van der Waals surface area (Å²) < 4.78 is 5.61. The molecule has 140 valence electrons. The molecular weight excluding hydrogens is 300 g/mol. The van der Waals surface area contributed by atoms with Crippen LogP contribution >= 0.6 is 0 Å². The van der Waals surface area contributed by atoms with Crippen LogP contribution in [0.3, 0.4) is 0 Å². The van der Waals surface area contributed by atoms with Gasteiger partial charge in [-0.05, 0) is 57.5 Å². The maximum Gasteiger partial charge on any atom is 0.191 e. The lowest BCUT2D eigenvalue weighted by Gasteiger charge is -2.30. The second kappa shape index (κ2) is 10.9. The third-order valence-electron chi connectivity index (χ3n) is 5.67. The quantitative estimate of drug-likeness (QED) is 0.385. The summed E-state index contributed by atoms with van der Waals surface area (Å²) in [5, 5.41) is 7.07. The number of piperidine rings is 1. The molecular formula is C19H38N4O. The monoisotopic (exact) mass is 338 g/mol. The van der Waals surface area contributed by atoms with E-state index in [1.165, 1.54) is 64.5 Å². The molecule has 5 nitrogen and oxygen atoms in total. The van der Waals surface area contributed by atoms with Gasteiger partial charge in [-0.3, -0.25) is 4.99 Å². The zero-order chi connectivity index (χ0) is 17.1. The van der Waals surface area contributed by atoms with E-state index < -0.39 is 0 Å². The molecule has 0 aromatic rings. The summed E-state index contributed by atoms with van der Waals surface area (Å²) in [5.41, 5.74) is 0.402. The largest absolute Gasteiger partial charge is 0.382 e. The third-order valence-corrected chi connectivity index (χ3v) is 5.67. The Morgan fingerprint density at radius 1 is 1.08 bits per heavy atom. The van der Waals surface area contributed by atoms with E-state index in [0.717, 1.165) is 38.8 Å². The first-order chi connectivity index (χ1) is 11.8. The summed E-state index contributed by atoms with van der Waals surface area (Å²) in [5.74, 6) is 0.953. The summed E-state index contributed by atoms with van der Waals surface area (Å²) >= 11 is 0. The first-order valence-electron chi connectivity index (χ1n) is 10.0. The van der Waals surface area contributed by atoms with Gasteiger partial charge in [0.05, 0.1) is 0 Å². The fraction of sp³-hybridized carbons (Fsp3) is 0.947. The maximum atomic E-state index is 5.61. The molecule has 0 unspecified atom stereocenters. The molecule has 2 rings (SSSR count). The number of ether oxygens (including phenoxy) is 1. The van der Waals surface area contributed by atoms with E-state index in [4.69, 9.17) is 4.74 Å². The van der Waals surface area contributed by atoms with Crippen molar-refractivity contribution in [2.75, 3.05) is 53.0 Å². The van der Waals surface area contributed by atoms with Gasteiger partial charge in [-0.15, -0.1) is 0 Å². The summed E-state index contributed by atoms with van der Waals surface area (Å²) in [7, 11) is 1.87. The van der Waals surface area contributed by atoms with Crippen molar-refractivity contribution in [3.8, 4) is 0 Å². The lowest BCUT2D eigenvalue weighted by atomic mass is 9.83. The Kier molecular flexibility index (Phi) is 8.89. The summed E-state index contributed by atoms with van der Waals surface area (Å²) in [4.78, 5) is 6.96. The van der Waals surface area contributed by atoms with Crippen LogP contribution in [0.5, 0.6) is 0 Å². The maximum absolute atomic E-state index is 5.61. The van der Waals surface area contributed by atoms with E-state index in [1.54, 1.807) is 0 Å². The predicted molar refractivity (Wildman–Crippen MR) is 102 cm³/mol. The summed E-state index contributed by atoms with van der Waals surface area (Å²) in [6.07, 6.45) is 10.6. The molecule has 0 amide bonds. The zero-order valence-corrected chi connectivity index (χ0v) is 15.9. The van der Waals surface area contributed by atoms with Gasteiger partial charge in [0.2, 0.25) is 0 Å². The van der Waals surface area contributed by atoms with Gasteiger partial charge >= 0.3 is 0 Å². The normalized spacial score (nSPS) is 21.8. The van der Waals surface area contributed by atoms with Crippen molar-refractivity contribution < 1.29 is 4.74 Å². The molecule has 0 aromatic carbocycles. The van der Waals surface area contributed by atoms with Crippen molar-refractivity contribution >= 4 is 5.96 Å². The van der Waals surface area contributed by atoms with Crippen LogP contribution in [0, 0.1) is 5.41 Å². The smallest absolute Gasteiger partial charge is 0.191 e. The van der Waals surface area contributed by atoms with E-state index in [9.17, 15) is 0 Å². The highest BCUT2D eigenvalue weighted by molar-refractivity contribution is 5.79. The zero-order valence-electron chi connectivity index (χ0n) is 15.9. The van der Waals surface area contributed by atoms with E-state index in [0.29, 0.717) is 5.41 Å². The Balaban J connectivity index is 1.68. The van der Waals surface area contributed by atoms with Crippen LogP contribution in [0.4, 0.5) is 0 Å². The summed E-state index contributed by atoms with van der Waals surface area (Å²) in [6, 6.07) is 0. The number of nitrogens with zero attached hydrogens (tertiary/aromatic N) is 2. The van der Waals surface area contributed by atoms with Gasteiger partial charge in [0, 0.05) is 39.9 Å². The van der Waals surface area contributed by atoms with Crippen LogP contribution in [0.1, 0.15) is 58.3 Å². The topological polar surface area (TPSA) is 48.9 Å². The average Bonchev–Trinajstić information content (AvgIpc) is 3.08. The molecule has 1 heterocycles. The van der Waals surface area contributed by atoms with Crippen molar-refractivity contribution in [2.24, 2.45) is 10.4 Å². The number of rotatable bonds is 9. The fourth-order valence-electron chi connectivity index (χ4n) is 4.08. The predicted octanol–water partition coefficient (Wildman–Crippen LogP) is 2.62. The number of aliphatic imine (C=N–C) groups is 1. The van der Waals surface area contributed by atoms with Crippen molar-refractivity contribution in [2.45, 2.75) is 58.3 Å². The van der Waals surface area contributed by atoms with Crippen molar-refractivity contribution in [3.63, 3.8) is 0 Å². The van der Waals surface area contributed by atoms with Crippen LogP contribution in [-0.2, 0) is 4.74 Å². The Morgan fingerprint density at radius 3 is 2.50 bits per heavy atom. The van der Waals surface area contributed by atoms with Crippen LogP contribution in [-0.4, -0.2) is 63.8 Å². The minimum atomic E-state index is 0.402. The molecule has 2 N–H and O–H groups in total. The van der Waals surface area contributed by atoms with E-state index in [-0.39, 0.29) is 0 Å². The van der Waals surface area contributed by atoms with E-state index >= 15 is 0 Å². The second-order valence-electron chi connectivity index (χ2n) is 7.41. The van der Waals surface area contributed by atoms with Crippen molar-refractivity contribution in [3.05, 3.63) is 0 Å². The van der Waals surface area contributed by atoms with Crippen LogP contribution in [0.15, 0.2) is 4.99 Å². The van der Waals surface area contributed by atoms with Gasteiger partial charge in [0.1, 0.15) is 0 Å². The lowest BCUT2D eigenvalue weighted by Crippen LogP contribution is -2.46. The van der Waals surface area contributed by atoms with Crippen LogP contribution < -0.4 is 10.6 Å². The molecule has 1 aliphatic heterocycles. The molecule has 1 saturated heterocycles. The average molecular weight is 339 g/mol. The van der Waals surface area contributed by atoms with Crippen LogP contribution in [0.25, 0.3) is 0 Å². The van der Waals surface area contributed by atoms with Gasteiger partial charge in [0.15, 0.2) is 5.96 Å². The van der Waals surface area contributed by atoms with Gasteiger partial charge < -0.3 is 20.3 Å². The molecule has 0 aromatic heterocycles. The first-order valence-corrected chi connectivity index (χ1v) is 10.0. The first kappa shape index (κ1) is 19.5. The molecule has 0 bridgehead atoms. The number of likely N-dealkylation sites (tertiary alicyclic amines) is 1. The Labute approximate surface area is 148 Å². The summed E-state index contributed by atoms with van der Waals surface area (Å²) in [6.45, 7) is 9.42. The SMILES string of the molecule is CCOCCC1(CNC(=NC)NCCN2CCCCC2)CCCC1. The Hall–Kier alpha value is -0.810. The van der Waals surface area contributed by atoms with Gasteiger partial charge in [-0.25, -0.2) is 0 Å². The molecule has 24 heavy (non-hydrogen) atoms. The van der Waals surface area contributed by atoms with Crippen molar-refractivity contribution in [1.82, 2.24) is 15.5 Å². The van der Waals surface area contributed by atoms with Gasteiger partial charge in [-0.2, -0.15) is 0 Å². The molecule has 2 aliphatic rings. The van der Waals surface area contributed by atoms with Gasteiger partial charge in [-0.1, -0.05) is 19.3 Å². The minimum absolute atomic E-state index is 0.402. The molecule has 0 radical (unpaired) electrons. The standard InChI is InChI=1S/C19H38N4O/c1-3-24-16-11-19(9-5-6-10-19)17-22-18(20-2)21-12-15-23-13-7-4-8-14-23/h3-17H2,1-2H3,(H2,20,21,22). The highest BCUT2D eigenvalue weighted by Crippen LogP contribution is 2.40. The van der Waals surface area contributed by atoms with Gasteiger partial charge in [0.25, 0.3) is 0 Å². The van der Waals surface area contributed by atoms with Crippen LogP contribution in [0.2, 0.25) is 0 Å². The highest BCUT2D eigenvalue weighted by Gasteiger charge is 2.33. The molecule has 0 spiro atoms. The number of nitrogens with one attached hydrogen (secondary N) is 2. The fourth-order valence-corrected chi connectivity index (χ4v) is 4.08. The minimum Gasteiger partial charge on any atom is -0.382 e. The molecule has 0 atom stereocenters. The Morgan fingerprint density at radius 2 is 1.83 bits per heavy atom. The van der Waals surface area contributed by atoms with Crippen molar-refractivity contribution in [1.29, 1.82) is 0 Å². The molecule has 1 saturated carbocycles. The third kappa shape index (κ3) is 6.60. The second-order valence-corrected chi connectivity index (χ2v) is 7.41. The number of hydrogen-bond donors (Lipinski definition) is 2. The molecule has 2 fully saturated rings. The number of hydrogen-bond acceptors (Lipinski definition) is 3. The lowest BCUT2D eigenvalue weighted by molar-refractivity contribution is 0.105. The highest BCUT2D eigenvalue weighted by atomic mass is 16.5. The van der Waals surface area contributed by atoms with E-state index in [1.807, 2.05) is 7.05 Å². The number of guanidine groups is 1. The van der Waals surface area contributed by atoms with E-state index in [2.05, 4.69) is 27.4 Å².